The van der Waals surface area contributed by atoms with Crippen molar-refractivity contribution in [3.8, 4) is 5.75 Å². The van der Waals surface area contributed by atoms with Crippen molar-refractivity contribution in [1.82, 2.24) is 0 Å². The van der Waals surface area contributed by atoms with Gasteiger partial charge in [-0.05, 0) is 65.1 Å². The molecule has 0 amide bonds. The predicted molar refractivity (Wildman–Crippen MR) is 117 cm³/mol. The van der Waals surface area contributed by atoms with Crippen LogP contribution in [0.4, 0.5) is 0 Å². The third-order valence-electron chi connectivity index (χ3n) is 5.30. The summed E-state index contributed by atoms with van der Waals surface area (Å²) in [7, 11) is 0. The maximum atomic E-state index is 13.2. The van der Waals surface area contributed by atoms with Crippen LogP contribution in [0.1, 0.15) is 34.8 Å². The van der Waals surface area contributed by atoms with Gasteiger partial charge in [0.15, 0.2) is 0 Å². The lowest BCUT2D eigenvalue weighted by Gasteiger charge is -2.14. The lowest BCUT2D eigenvalue weighted by atomic mass is 9.92. The van der Waals surface area contributed by atoms with Crippen molar-refractivity contribution in [2.24, 2.45) is 0 Å². The molecule has 0 spiro atoms. The predicted octanol–water partition coefficient (Wildman–Crippen LogP) is 6.04. The minimum Gasteiger partial charge on any atom is -0.423 e. The highest BCUT2D eigenvalue weighted by atomic mass is 16.5. The molecule has 0 heterocycles. The molecule has 4 aromatic rings. The summed E-state index contributed by atoms with van der Waals surface area (Å²) in [6.07, 6.45) is 1.21. The molecule has 0 radical (unpaired) electrons. The SMILES string of the molecule is CC(=O)CCc1ccc(OC(=O)c2c3ccccc3c(C)c3ccccc23)cc1. The lowest BCUT2D eigenvalue weighted by Crippen LogP contribution is -2.10. The van der Waals surface area contributed by atoms with Gasteiger partial charge in [-0.15, -0.1) is 0 Å². The van der Waals surface area contributed by atoms with E-state index in [4.69, 9.17) is 4.74 Å². The van der Waals surface area contributed by atoms with Crippen molar-refractivity contribution in [3.63, 3.8) is 0 Å². The van der Waals surface area contributed by atoms with Gasteiger partial charge in [-0.25, -0.2) is 4.79 Å². The van der Waals surface area contributed by atoms with Crippen molar-refractivity contribution in [3.05, 3.63) is 89.5 Å². The van der Waals surface area contributed by atoms with Gasteiger partial charge >= 0.3 is 5.97 Å². The minimum absolute atomic E-state index is 0.165. The zero-order chi connectivity index (χ0) is 20.4. The van der Waals surface area contributed by atoms with Gasteiger partial charge in [0, 0.05) is 6.42 Å². The summed E-state index contributed by atoms with van der Waals surface area (Å²) in [5.74, 6) is 0.294. The molecule has 3 nitrogen and oxygen atoms in total. The second-order valence-electron chi connectivity index (χ2n) is 7.33. The fraction of sp³-hybridized carbons (Fsp3) is 0.154. The zero-order valence-corrected chi connectivity index (χ0v) is 16.6. The summed E-state index contributed by atoms with van der Waals surface area (Å²) in [4.78, 5) is 24.3. The second-order valence-corrected chi connectivity index (χ2v) is 7.33. The van der Waals surface area contributed by atoms with E-state index >= 15 is 0 Å². The summed E-state index contributed by atoms with van der Waals surface area (Å²) in [6, 6.07) is 23.2. The largest absolute Gasteiger partial charge is 0.423 e. The van der Waals surface area contributed by atoms with Crippen LogP contribution in [0, 0.1) is 6.92 Å². The minimum atomic E-state index is -0.367. The molecule has 0 atom stereocenters. The van der Waals surface area contributed by atoms with E-state index in [1.54, 1.807) is 19.1 Å². The molecule has 29 heavy (non-hydrogen) atoms. The Bertz CT molecular complexity index is 1160. The maximum absolute atomic E-state index is 13.2. The molecule has 0 aromatic heterocycles. The average molecular weight is 382 g/mol. The van der Waals surface area contributed by atoms with Crippen LogP contribution in [0.25, 0.3) is 21.5 Å². The highest BCUT2D eigenvalue weighted by Crippen LogP contribution is 2.33. The lowest BCUT2D eigenvalue weighted by molar-refractivity contribution is -0.116. The molecular formula is C26H22O3. The Balaban J connectivity index is 1.71. The third-order valence-corrected chi connectivity index (χ3v) is 5.30. The molecule has 0 aliphatic heterocycles. The first-order chi connectivity index (χ1) is 14.0. The van der Waals surface area contributed by atoms with Crippen LogP contribution in [0.3, 0.4) is 0 Å². The molecule has 0 aliphatic rings. The van der Waals surface area contributed by atoms with Gasteiger partial charge in [-0.1, -0.05) is 60.7 Å². The number of hydrogen-bond acceptors (Lipinski definition) is 3. The standard InChI is InChI=1S/C26H22O3/c1-17(27)11-12-19-13-15-20(16-14-19)29-26(28)25-23-9-5-3-7-21(23)18(2)22-8-4-6-10-24(22)25/h3-10,13-16H,11-12H2,1-2H3. The first-order valence-corrected chi connectivity index (χ1v) is 9.75. The van der Waals surface area contributed by atoms with Crippen molar-refractivity contribution >= 4 is 33.3 Å². The number of rotatable bonds is 5. The van der Waals surface area contributed by atoms with Crippen molar-refractivity contribution in [2.45, 2.75) is 26.7 Å². The summed E-state index contributed by atoms with van der Waals surface area (Å²) < 4.78 is 5.73. The summed E-state index contributed by atoms with van der Waals surface area (Å²) in [5, 5.41) is 3.90. The molecule has 0 unspecified atom stereocenters. The number of esters is 1. The molecular weight excluding hydrogens is 360 g/mol. The first-order valence-electron chi connectivity index (χ1n) is 9.75. The van der Waals surface area contributed by atoms with E-state index in [-0.39, 0.29) is 11.8 Å². The number of Topliss-reactive ketones (excluding diaryl/α,β-unsaturated/α-hetero) is 1. The van der Waals surface area contributed by atoms with Crippen LogP contribution in [-0.2, 0) is 11.2 Å². The van der Waals surface area contributed by atoms with Gasteiger partial charge in [0.05, 0.1) is 5.56 Å². The van der Waals surface area contributed by atoms with Crippen LogP contribution in [0.5, 0.6) is 5.75 Å². The van der Waals surface area contributed by atoms with E-state index < -0.39 is 0 Å². The molecule has 0 saturated heterocycles. The normalized spacial score (nSPS) is 11.0. The Morgan fingerprint density at radius 2 is 1.28 bits per heavy atom. The average Bonchev–Trinajstić information content (AvgIpc) is 2.73. The maximum Gasteiger partial charge on any atom is 0.344 e. The number of hydrogen-bond donors (Lipinski definition) is 0. The Morgan fingerprint density at radius 3 is 1.79 bits per heavy atom. The number of aryl methyl sites for hydroxylation is 2. The van der Waals surface area contributed by atoms with Gasteiger partial charge in [0.2, 0.25) is 0 Å². The Kier molecular flexibility index (Phi) is 5.13. The van der Waals surface area contributed by atoms with E-state index in [0.717, 1.165) is 32.7 Å². The molecule has 144 valence electrons. The van der Waals surface area contributed by atoms with Crippen LogP contribution < -0.4 is 4.74 Å². The number of carbonyl (C=O) groups is 2. The van der Waals surface area contributed by atoms with Gasteiger partial charge in [0.1, 0.15) is 11.5 Å². The van der Waals surface area contributed by atoms with E-state index in [0.29, 0.717) is 24.2 Å². The molecule has 0 aliphatic carbocycles. The van der Waals surface area contributed by atoms with Gasteiger partial charge in [0.25, 0.3) is 0 Å². The van der Waals surface area contributed by atoms with E-state index in [9.17, 15) is 9.59 Å². The summed E-state index contributed by atoms with van der Waals surface area (Å²) in [5.41, 5.74) is 2.79. The number of ether oxygens (including phenoxy) is 1. The van der Waals surface area contributed by atoms with Gasteiger partial charge < -0.3 is 9.53 Å². The molecule has 4 aromatic carbocycles. The second kappa shape index (κ2) is 7.88. The van der Waals surface area contributed by atoms with E-state index in [1.165, 1.54) is 0 Å². The van der Waals surface area contributed by atoms with Crippen LogP contribution >= 0.6 is 0 Å². The van der Waals surface area contributed by atoms with Crippen molar-refractivity contribution < 1.29 is 14.3 Å². The van der Waals surface area contributed by atoms with Gasteiger partial charge in [-0.3, -0.25) is 0 Å². The molecule has 0 bridgehead atoms. The molecule has 0 N–H and O–H groups in total. The smallest absolute Gasteiger partial charge is 0.344 e. The quantitative estimate of drug-likeness (QED) is 0.240. The summed E-state index contributed by atoms with van der Waals surface area (Å²) in [6.45, 7) is 3.67. The fourth-order valence-corrected chi connectivity index (χ4v) is 3.77. The number of ketones is 1. The third kappa shape index (κ3) is 3.77. The fourth-order valence-electron chi connectivity index (χ4n) is 3.77. The van der Waals surface area contributed by atoms with Crippen molar-refractivity contribution in [1.29, 1.82) is 0 Å². The van der Waals surface area contributed by atoms with Crippen LogP contribution in [0.2, 0.25) is 0 Å². The molecule has 0 fully saturated rings. The summed E-state index contributed by atoms with van der Waals surface area (Å²) >= 11 is 0. The van der Waals surface area contributed by atoms with E-state index in [2.05, 4.69) is 6.92 Å². The number of carbonyl (C=O) groups excluding carboxylic acids is 2. The highest BCUT2D eigenvalue weighted by Gasteiger charge is 2.18. The topological polar surface area (TPSA) is 43.4 Å². The van der Waals surface area contributed by atoms with Crippen LogP contribution in [0.15, 0.2) is 72.8 Å². The Labute approximate surface area is 169 Å². The van der Waals surface area contributed by atoms with Crippen LogP contribution in [-0.4, -0.2) is 11.8 Å². The number of benzene rings is 4. The first kappa shape index (κ1) is 18.9. The van der Waals surface area contributed by atoms with E-state index in [1.807, 2.05) is 60.7 Å². The number of fused-ring (bicyclic) bond motifs is 2. The zero-order valence-electron chi connectivity index (χ0n) is 16.6. The molecule has 3 heteroatoms. The molecule has 0 saturated carbocycles. The van der Waals surface area contributed by atoms with Crippen molar-refractivity contribution in [2.75, 3.05) is 0 Å². The molecule has 4 rings (SSSR count). The highest BCUT2D eigenvalue weighted by molar-refractivity contribution is 6.18. The Morgan fingerprint density at radius 1 is 0.759 bits per heavy atom. The van der Waals surface area contributed by atoms with Gasteiger partial charge in [-0.2, -0.15) is 0 Å². The monoisotopic (exact) mass is 382 g/mol. The Hall–Kier alpha value is -3.46.